The summed E-state index contributed by atoms with van der Waals surface area (Å²) in [6.45, 7) is 1.22. The number of fused-ring (bicyclic) bond motifs is 1. The summed E-state index contributed by atoms with van der Waals surface area (Å²) >= 11 is 1.26. The summed E-state index contributed by atoms with van der Waals surface area (Å²) in [7, 11) is 0. The Morgan fingerprint density at radius 3 is 2.86 bits per heavy atom. The summed E-state index contributed by atoms with van der Waals surface area (Å²) in [5.74, 6) is -0.0662. The van der Waals surface area contributed by atoms with Gasteiger partial charge in [0.15, 0.2) is 5.69 Å². The third kappa shape index (κ3) is 2.90. The molecule has 0 bridgehead atoms. The standard InChI is InChI=1S/C21H17N5OS/c27-21(18-19(28-25-24-18)15-5-2-1-3-6-15)26-11-8-14(9-12-26)17-13-23-20-16(17)7-4-10-22-20/h1-8,10,13H,9,11-12H2,(H,22,23). The Balaban J connectivity index is 1.39. The van der Waals surface area contributed by atoms with Crippen molar-refractivity contribution in [3.05, 3.63) is 72.2 Å². The molecule has 4 aromatic rings. The van der Waals surface area contributed by atoms with E-state index < -0.39 is 0 Å². The van der Waals surface area contributed by atoms with E-state index in [2.05, 4.69) is 31.7 Å². The molecular formula is C21H17N5OS. The van der Waals surface area contributed by atoms with E-state index in [1.165, 1.54) is 17.1 Å². The van der Waals surface area contributed by atoms with Crippen molar-refractivity contribution >= 4 is 34.0 Å². The number of carbonyl (C=O) groups is 1. The predicted molar refractivity (Wildman–Crippen MR) is 110 cm³/mol. The van der Waals surface area contributed by atoms with Crippen molar-refractivity contribution in [3.8, 4) is 10.4 Å². The van der Waals surface area contributed by atoms with Crippen LogP contribution in [0.5, 0.6) is 0 Å². The molecule has 4 heterocycles. The largest absolute Gasteiger partial charge is 0.346 e. The first kappa shape index (κ1) is 16.8. The molecule has 138 valence electrons. The van der Waals surface area contributed by atoms with Crippen molar-refractivity contribution in [1.29, 1.82) is 0 Å². The Labute approximate surface area is 165 Å². The van der Waals surface area contributed by atoms with Gasteiger partial charge in [-0.25, -0.2) is 4.98 Å². The lowest BCUT2D eigenvalue weighted by Gasteiger charge is -2.26. The van der Waals surface area contributed by atoms with E-state index in [-0.39, 0.29) is 5.91 Å². The van der Waals surface area contributed by atoms with E-state index in [1.807, 2.05) is 47.5 Å². The summed E-state index contributed by atoms with van der Waals surface area (Å²) in [5.41, 5.74) is 4.70. The number of nitrogens with one attached hydrogen (secondary N) is 1. The molecule has 1 amide bonds. The number of H-pyrrole nitrogens is 1. The molecule has 6 nitrogen and oxygen atoms in total. The van der Waals surface area contributed by atoms with Crippen molar-refractivity contribution in [1.82, 2.24) is 24.5 Å². The molecule has 0 atom stereocenters. The van der Waals surface area contributed by atoms with Crippen LogP contribution in [0, 0.1) is 0 Å². The number of hydrogen-bond acceptors (Lipinski definition) is 5. The SMILES string of the molecule is O=C(c1nnsc1-c1ccccc1)N1CC=C(c2c[nH]c3ncccc23)CC1. The van der Waals surface area contributed by atoms with Gasteiger partial charge in [0.05, 0.1) is 4.88 Å². The van der Waals surface area contributed by atoms with Crippen LogP contribution in [0.4, 0.5) is 0 Å². The lowest BCUT2D eigenvalue weighted by molar-refractivity contribution is 0.0768. The first-order valence-electron chi connectivity index (χ1n) is 9.10. The number of aromatic amines is 1. The molecule has 0 spiro atoms. The van der Waals surface area contributed by atoms with Gasteiger partial charge >= 0.3 is 0 Å². The van der Waals surface area contributed by atoms with Crippen molar-refractivity contribution in [2.75, 3.05) is 13.1 Å². The van der Waals surface area contributed by atoms with Gasteiger partial charge in [-0.1, -0.05) is 40.9 Å². The molecule has 0 fully saturated rings. The van der Waals surface area contributed by atoms with Crippen molar-refractivity contribution < 1.29 is 4.79 Å². The van der Waals surface area contributed by atoms with E-state index >= 15 is 0 Å². The zero-order valence-electron chi connectivity index (χ0n) is 15.0. The van der Waals surface area contributed by atoms with E-state index in [0.717, 1.165) is 33.5 Å². The van der Waals surface area contributed by atoms with Crippen molar-refractivity contribution in [3.63, 3.8) is 0 Å². The zero-order chi connectivity index (χ0) is 18.9. The normalized spacial score (nSPS) is 14.3. The van der Waals surface area contributed by atoms with Crippen LogP contribution in [0.2, 0.25) is 0 Å². The molecule has 0 saturated carbocycles. The Hall–Kier alpha value is -3.32. The summed E-state index contributed by atoms with van der Waals surface area (Å²) in [6.07, 6.45) is 6.70. The Morgan fingerprint density at radius 2 is 2.04 bits per heavy atom. The molecule has 0 unspecified atom stereocenters. The van der Waals surface area contributed by atoms with E-state index in [4.69, 9.17) is 0 Å². The highest BCUT2D eigenvalue weighted by atomic mass is 32.1. The van der Waals surface area contributed by atoms with E-state index in [1.54, 1.807) is 6.20 Å². The molecule has 1 aliphatic heterocycles. The van der Waals surface area contributed by atoms with Crippen LogP contribution in [0.15, 0.2) is 60.9 Å². The fraction of sp³-hybridized carbons (Fsp3) is 0.143. The van der Waals surface area contributed by atoms with Gasteiger partial charge in [-0.2, -0.15) is 0 Å². The highest BCUT2D eigenvalue weighted by Crippen LogP contribution is 2.30. The Kier molecular flexibility index (Phi) is 4.21. The van der Waals surface area contributed by atoms with Gasteiger partial charge in [-0.15, -0.1) is 5.10 Å². The molecule has 1 aromatic carbocycles. The maximum Gasteiger partial charge on any atom is 0.276 e. The molecular weight excluding hydrogens is 370 g/mol. The third-order valence-corrected chi connectivity index (χ3v) is 5.79. The molecule has 1 aliphatic rings. The number of pyridine rings is 1. The topological polar surface area (TPSA) is 74.8 Å². The minimum absolute atomic E-state index is 0.0662. The van der Waals surface area contributed by atoms with Gasteiger partial charge in [0, 0.05) is 36.4 Å². The summed E-state index contributed by atoms with van der Waals surface area (Å²) in [5, 5.41) is 5.24. The zero-order valence-corrected chi connectivity index (χ0v) is 15.8. The number of benzene rings is 1. The molecule has 7 heteroatoms. The van der Waals surface area contributed by atoms with Gasteiger partial charge < -0.3 is 9.88 Å². The van der Waals surface area contributed by atoms with Crippen LogP contribution in [0.1, 0.15) is 22.5 Å². The minimum atomic E-state index is -0.0662. The quantitative estimate of drug-likeness (QED) is 0.576. The smallest absolute Gasteiger partial charge is 0.276 e. The van der Waals surface area contributed by atoms with Crippen LogP contribution < -0.4 is 0 Å². The second-order valence-electron chi connectivity index (χ2n) is 6.65. The average Bonchev–Trinajstić information content (AvgIpc) is 3.41. The Morgan fingerprint density at radius 1 is 1.14 bits per heavy atom. The van der Waals surface area contributed by atoms with Crippen LogP contribution in [-0.2, 0) is 0 Å². The number of carbonyl (C=O) groups excluding carboxylic acids is 1. The molecule has 0 saturated heterocycles. The maximum absolute atomic E-state index is 13.0. The maximum atomic E-state index is 13.0. The average molecular weight is 387 g/mol. The lowest BCUT2D eigenvalue weighted by atomic mass is 9.99. The fourth-order valence-electron chi connectivity index (χ4n) is 3.58. The number of rotatable bonds is 3. The summed E-state index contributed by atoms with van der Waals surface area (Å²) in [6, 6.07) is 13.8. The number of amides is 1. The highest BCUT2D eigenvalue weighted by Gasteiger charge is 2.25. The van der Waals surface area contributed by atoms with Crippen molar-refractivity contribution in [2.45, 2.75) is 6.42 Å². The molecule has 0 radical (unpaired) electrons. The molecule has 5 rings (SSSR count). The first-order valence-corrected chi connectivity index (χ1v) is 9.87. The molecule has 1 N–H and O–H groups in total. The summed E-state index contributed by atoms with van der Waals surface area (Å²) in [4.78, 5) is 23.3. The number of hydrogen-bond donors (Lipinski definition) is 1. The number of nitrogens with zero attached hydrogens (tertiary/aromatic N) is 4. The Bertz CT molecular complexity index is 1180. The van der Waals surface area contributed by atoms with E-state index in [0.29, 0.717) is 18.8 Å². The van der Waals surface area contributed by atoms with Crippen molar-refractivity contribution in [2.24, 2.45) is 0 Å². The second kappa shape index (κ2) is 7.01. The molecule has 28 heavy (non-hydrogen) atoms. The molecule has 3 aromatic heterocycles. The predicted octanol–water partition coefficient (Wildman–Crippen LogP) is 4.01. The van der Waals surface area contributed by atoms with Crippen LogP contribution in [0.25, 0.3) is 27.0 Å². The van der Waals surface area contributed by atoms with Crippen LogP contribution >= 0.6 is 11.5 Å². The van der Waals surface area contributed by atoms with Crippen LogP contribution in [0.3, 0.4) is 0 Å². The van der Waals surface area contributed by atoms with Gasteiger partial charge in [-0.05, 0) is 41.2 Å². The van der Waals surface area contributed by atoms with Gasteiger partial charge in [0.25, 0.3) is 5.91 Å². The van der Waals surface area contributed by atoms with Gasteiger partial charge in [0.1, 0.15) is 5.65 Å². The lowest BCUT2D eigenvalue weighted by Crippen LogP contribution is -2.35. The first-order chi connectivity index (χ1) is 13.8. The monoisotopic (exact) mass is 387 g/mol. The number of aromatic nitrogens is 4. The highest BCUT2D eigenvalue weighted by molar-refractivity contribution is 7.09. The minimum Gasteiger partial charge on any atom is -0.346 e. The fourth-order valence-corrected chi connectivity index (χ4v) is 4.24. The summed E-state index contributed by atoms with van der Waals surface area (Å²) < 4.78 is 4.02. The molecule has 0 aliphatic carbocycles. The third-order valence-electron chi connectivity index (χ3n) is 5.02. The van der Waals surface area contributed by atoms with Gasteiger partial charge in [-0.3, -0.25) is 4.79 Å². The van der Waals surface area contributed by atoms with Gasteiger partial charge in [0.2, 0.25) is 0 Å². The second-order valence-corrected chi connectivity index (χ2v) is 7.40. The van der Waals surface area contributed by atoms with E-state index in [9.17, 15) is 4.79 Å². The van der Waals surface area contributed by atoms with Crippen LogP contribution in [-0.4, -0.2) is 43.5 Å².